The first-order chi connectivity index (χ1) is 10.6. The third-order valence-corrected chi connectivity index (χ3v) is 3.91. The number of hydrogen-bond acceptors (Lipinski definition) is 3. The highest BCUT2D eigenvalue weighted by molar-refractivity contribution is 5.74. The number of urea groups is 1. The normalized spacial score (nSPS) is 14.8. The Morgan fingerprint density at radius 3 is 2.68 bits per heavy atom. The molecule has 1 saturated heterocycles. The molecule has 0 bridgehead atoms. The first kappa shape index (κ1) is 16.2. The Labute approximate surface area is 132 Å². The summed E-state index contributed by atoms with van der Waals surface area (Å²) in [7, 11) is 0. The second-order valence-electron chi connectivity index (χ2n) is 6.05. The van der Waals surface area contributed by atoms with E-state index in [4.69, 9.17) is 5.26 Å². The van der Waals surface area contributed by atoms with Crippen LogP contribution in [0.15, 0.2) is 24.3 Å². The molecule has 0 aromatic heterocycles. The van der Waals surface area contributed by atoms with Crippen LogP contribution in [0.3, 0.4) is 0 Å². The van der Waals surface area contributed by atoms with Crippen LogP contribution < -0.4 is 10.2 Å². The van der Waals surface area contributed by atoms with Crippen LogP contribution in [0.25, 0.3) is 0 Å². The summed E-state index contributed by atoms with van der Waals surface area (Å²) < 4.78 is 0. The molecule has 0 radical (unpaired) electrons. The van der Waals surface area contributed by atoms with E-state index in [0.29, 0.717) is 24.6 Å². The number of benzene rings is 1. The van der Waals surface area contributed by atoms with Crippen molar-refractivity contribution in [3.05, 3.63) is 29.8 Å². The minimum atomic E-state index is 0.0334. The fourth-order valence-corrected chi connectivity index (χ4v) is 2.52. The molecule has 0 unspecified atom stereocenters. The Bertz CT molecular complexity index is 542. The zero-order valence-electron chi connectivity index (χ0n) is 13.4. The summed E-state index contributed by atoms with van der Waals surface area (Å²) in [5.41, 5.74) is 1.73. The van der Waals surface area contributed by atoms with E-state index in [9.17, 15) is 4.79 Å². The molecular formula is C17H24N4O. The molecule has 5 nitrogen and oxygen atoms in total. The highest BCUT2D eigenvalue weighted by Gasteiger charge is 2.21. The number of nitriles is 1. The van der Waals surface area contributed by atoms with E-state index in [0.717, 1.165) is 31.7 Å². The lowest BCUT2D eigenvalue weighted by Gasteiger charge is -2.36. The number of nitrogens with zero attached hydrogens (tertiary/aromatic N) is 3. The average Bonchev–Trinajstić information content (AvgIpc) is 2.54. The molecule has 118 valence electrons. The molecule has 5 heteroatoms. The van der Waals surface area contributed by atoms with Gasteiger partial charge in [-0.2, -0.15) is 5.26 Å². The molecule has 0 spiro atoms. The van der Waals surface area contributed by atoms with Gasteiger partial charge < -0.3 is 15.1 Å². The summed E-state index contributed by atoms with van der Waals surface area (Å²) in [6.45, 7) is 8.06. The first-order valence-corrected chi connectivity index (χ1v) is 7.88. The van der Waals surface area contributed by atoms with E-state index >= 15 is 0 Å². The lowest BCUT2D eigenvalue weighted by molar-refractivity contribution is 0.194. The number of piperazine rings is 1. The molecule has 22 heavy (non-hydrogen) atoms. The Hall–Kier alpha value is -2.22. The second-order valence-corrected chi connectivity index (χ2v) is 6.05. The van der Waals surface area contributed by atoms with E-state index in [2.05, 4.69) is 30.1 Å². The predicted molar refractivity (Wildman–Crippen MR) is 87.8 cm³/mol. The lowest BCUT2D eigenvalue weighted by atomic mass is 10.1. The summed E-state index contributed by atoms with van der Waals surface area (Å²) >= 11 is 0. The maximum atomic E-state index is 12.1. The van der Waals surface area contributed by atoms with Crippen molar-refractivity contribution in [1.29, 1.82) is 5.26 Å². The lowest BCUT2D eigenvalue weighted by Crippen LogP contribution is -2.52. The number of nitrogens with one attached hydrogen (secondary N) is 1. The quantitative estimate of drug-likeness (QED) is 0.929. The van der Waals surface area contributed by atoms with Gasteiger partial charge in [-0.05, 0) is 30.5 Å². The molecule has 0 saturated carbocycles. The van der Waals surface area contributed by atoms with Crippen LogP contribution in [-0.2, 0) is 0 Å². The molecule has 0 aliphatic carbocycles. The fraction of sp³-hybridized carbons (Fsp3) is 0.529. The maximum absolute atomic E-state index is 12.1. The van der Waals surface area contributed by atoms with Gasteiger partial charge in [0, 0.05) is 38.4 Å². The van der Waals surface area contributed by atoms with E-state index in [1.54, 1.807) is 0 Å². The molecule has 1 N–H and O–H groups in total. The Kier molecular flexibility index (Phi) is 5.65. The van der Waals surface area contributed by atoms with Crippen molar-refractivity contribution >= 4 is 11.7 Å². The van der Waals surface area contributed by atoms with Crippen molar-refractivity contribution < 1.29 is 4.79 Å². The predicted octanol–water partition coefficient (Wildman–Crippen LogP) is 2.44. The third kappa shape index (κ3) is 4.39. The summed E-state index contributed by atoms with van der Waals surface area (Å²) in [6, 6.07) is 9.82. The average molecular weight is 300 g/mol. The van der Waals surface area contributed by atoms with Gasteiger partial charge in [0.1, 0.15) is 0 Å². The highest BCUT2D eigenvalue weighted by Crippen LogP contribution is 2.17. The van der Waals surface area contributed by atoms with Crippen molar-refractivity contribution in [1.82, 2.24) is 10.2 Å². The van der Waals surface area contributed by atoms with Crippen molar-refractivity contribution in [3.8, 4) is 6.07 Å². The van der Waals surface area contributed by atoms with Crippen molar-refractivity contribution in [2.24, 2.45) is 5.92 Å². The van der Waals surface area contributed by atoms with Gasteiger partial charge in [0.2, 0.25) is 0 Å². The van der Waals surface area contributed by atoms with Crippen LogP contribution in [-0.4, -0.2) is 43.7 Å². The van der Waals surface area contributed by atoms with Crippen LogP contribution in [0.2, 0.25) is 0 Å². The number of carbonyl (C=O) groups is 1. The van der Waals surface area contributed by atoms with Crippen LogP contribution >= 0.6 is 0 Å². The van der Waals surface area contributed by atoms with Crippen LogP contribution in [0.1, 0.15) is 25.8 Å². The molecule has 1 aliphatic rings. The molecule has 2 rings (SSSR count). The van der Waals surface area contributed by atoms with Crippen LogP contribution in [0.5, 0.6) is 0 Å². The molecule has 1 fully saturated rings. The second kappa shape index (κ2) is 7.69. The molecule has 2 amide bonds. The van der Waals surface area contributed by atoms with Gasteiger partial charge in [-0.1, -0.05) is 19.9 Å². The molecule has 1 aliphatic heterocycles. The van der Waals surface area contributed by atoms with Gasteiger partial charge in [0.25, 0.3) is 0 Å². The number of amides is 2. The number of hydrogen-bond donors (Lipinski definition) is 1. The molecule has 1 aromatic rings. The fourth-order valence-electron chi connectivity index (χ4n) is 2.52. The van der Waals surface area contributed by atoms with Gasteiger partial charge >= 0.3 is 6.03 Å². The standard InChI is InChI=1S/C17H24N4O/c1-14(2)6-7-19-17(22)21-10-8-20(9-11-21)16-5-3-4-15(12-16)13-18/h3-5,12,14H,6-11H2,1-2H3,(H,19,22). The maximum Gasteiger partial charge on any atom is 0.317 e. The first-order valence-electron chi connectivity index (χ1n) is 7.88. The molecule has 0 atom stereocenters. The largest absolute Gasteiger partial charge is 0.368 e. The van der Waals surface area contributed by atoms with E-state index < -0.39 is 0 Å². The minimum absolute atomic E-state index is 0.0334. The minimum Gasteiger partial charge on any atom is -0.368 e. The molecular weight excluding hydrogens is 276 g/mol. The third-order valence-electron chi connectivity index (χ3n) is 3.91. The van der Waals surface area contributed by atoms with Gasteiger partial charge in [-0.25, -0.2) is 4.79 Å². The van der Waals surface area contributed by atoms with Gasteiger partial charge in [0.15, 0.2) is 0 Å². The molecule has 1 heterocycles. The Morgan fingerprint density at radius 1 is 1.32 bits per heavy atom. The van der Waals surface area contributed by atoms with Gasteiger partial charge in [0.05, 0.1) is 11.6 Å². The summed E-state index contributed by atoms with van der Waals surface area (Å²) in [6.07, 6.45) is 1.01. The summed E-state index contributed by atoms with van der Waals surface area (Å²) in [5, 5.41) is 11.9. The van der Waals surface area contributed by atoms with Crippen molar-refractivity contribution in [2.75, 3.05) is 37.6 Å². The van der Waals surface area contributed by atoms with Gasteiger partial charge in [-0.15, -0.1) is 0 Å². The topological polar surface area (TPSA) is 59.4 Å². The molecule has 1 aromatic carbocycles. The van der Waals surface area contributed by atoms with Crippen LogP contribution in [0, 0.1) is 17.2 Å². The Balaban J connectivity index is 1.82. The monoisotopic (exact) mass is 300 g/mol. The number of anilines is 1. The summed E-state index contributed by atoms with van der Waals surface area (Å²) in [4.78, 5) is 16.2. The highest BCUT2D eigenvalue weighted by atomic mass is 16.2. The Morgan fingerprint density at radius 2 is 2.05 bits per heavy atom. The zero-order chi connectivity index (χ0) is 15.9. The van der Waals surface area contributed by atoms with Crippen molar-refractivity contribution in [3.63, 3.8) is 0 Å². The summed E-state index contributed by atoms with van der Waals surface area (Å²) in [5.74, 6) is 0.601. The number of carbonyl (C=O) groups excluding carboxylic acids is 1. The SMILES string of the molecule is CC(C)CCNC(=O)N1CCN(c2cccc(C#N)c2)CC1. The number of rotatable bonds is 4. The zero-order valence-corrected chi connectivity index (χ0v) is 13.4. The smallest absolute Gasteiger partial charge is 0.317 e. The van der Waals surface area contributed by atoms with E-state index in [1.807, 2.05) is 29.2 Å². The van der Waals surface area contributed by atoms with Gasteiger partial charge in [-0.3, -0.25) is 0 Å². The van der Waals surface area contributed by atoms with Crippen LogP contribution in [0.4, 0.5) is 10.5 Å². The van der Waals surface area contributed by atoms with Crippen molar-refractivity contribution in [2.45, 2.75) is 20.3 Å². The van der Waals surface area contributed by atoms with E-state index in [-0.39, 0.29) is 6.03 Å². The van der Waals surface area contributed by atoms with E-state index in [1.165, 1.54) is 0 Å².